The Labute approximate surface area is 181 Å². The van der Waals surface area contributed by atoms with E-state index in [1.807, 2.05) is 25.5 Å². The lowest BCUT2D eigenvalue weighted by Crippen LogP contribution is -2.58. The Hall–Kier alpha value is -2.90. The second-order valence-corrected chi connectivity index (χ2v) is 9.42. The molecule has 2 heterocycles. The molecule has 2 aliphatic rings. The smallest absolute Gasteiger partial charge is 0.410 e. The molecule has 2 atom stereocenters. The van der Waals surface area contributed by atoms with Crippen molar-refractivity contribution in [3.05, 3.63) is 47.5 Å². The van der Waals surface area contributed by atoms with Crippen molar-refractivity contribution >= 4 is 12.1 Å². The summed E-state index contributed by atoms with van der Waals surface area (Å²) in [5.74, 6) is -0.614. The predicted molar refractivity (Wildman–Crippen MR) is 111 cm³/mol. The lowest BCUT2D eigenvalue weighted by atomic mass is 9.62. The summed E-state index contributed by atoms with van der Waals surface area (Å²) in [4.78, 5) is 27.4. The van der Waals surface area contributed by atoms with Crippen molar-refractivity contribution in [2.45, 2.75) is 45.6 Å². The van der Waals surface area contributed by atoms with Crippen molar-refractivity contribution in [2.24, 2.45) is 11.3 Å². The lowest BCUT2D eigenvalue weighted by Gasteiger charge is -2.48. The summed E-state index contributed by atoms with van der Waals surface area (Å²) in [6, 6.07) is 6.19. The Bertz CT molecular complexity index is 995. The quantitative estimate of drug-likeness (QED) is 0.683. The average molecular weight is 429 g/mol. The number of ether oxygens (including phenoxy) is 2. The summed E-state index contributed by atoms with van der Waals surface area (Å²) in [5, 5.41) is 4.51. The number of carbonyl (C=O) groups excluding carboxylic acids is 2. The highest BCUT2D eigenvalue weighted by Gasteiger charge is 2.54. The first-order chi connectivity index (χ1) is 14.6. The Kier molecular flexibility index (Phi) is 5.27. The maximum atomic E-state index is 13.3. The molecule has 0 spiro atoms. The minimum absolute atomic E-state index is 0.00188. The van der Waals surface area contributed by atoms with Gasteiger partial charge in [-0.05, 0) is 75.8 Å². The molecule has 0 radical (unpaired) electrons. The van der Waals surface area contributed by atoms with E-state index in [9.17, 15) is 14.0 Å². The SMILES string of the molecule is COC(=O)C12Cc3cnn(-c4ccc(F)cc4)c3C[C@@H]1CCN(C(=O)OC(C)(C)C)C2. The van der Waals surface area contributed by atoms with E-state index in [1.165, 1.54) is 19.2 Å². The van der Waals surface area contributed by atoms with Gasteiger partial charge in [-0.25, -0.2) is 13.9 Å². The van der Waals surface area contributed by atoms with Gasteiger partial charge in [-0.2, -0.15) is 5.10 Å². The van der Waals surface area contributed by atoms with Gasteiger partial charge in [0.1, 0.15) is 11.4 Å². The number of methoxy groups -OCH3 is 1. The molecule has 31 heavy (non-hydrogen) atoms. The number of nitrogens with zero attached hydrogens (tertiary/aromatic N) is 3. The number of amides is 1. The number of halogens is 1. The van der Waals surface area contributed by atoms with Crippen molar-refractivity contribution in [1.29, 1.82) is 0 Å². The summed E-state index contributed by atoms with van der Waals surface area (Å²) < 4.78 is 25.9. The molecule has 1 aliphatic heterocycles. The molecular formula is C23H28FN3O4. The number of fused-ring (bicyclic) bond motifs is 2. The minimum atomic E-state index is -0.840. The molecule has 0 N–H and O–H groups in total. The zero-order chi connectivity index (χ0) is 22.4. The standard InChI is InChI=1S/C23H28FN3O4/c1-22(2,3)31-21(29)26-10-9-16-11-19-15(12-23(16,14-26)20(28)30-4)13-25-27(19)18-7-5-17(24)6-8-18/h5-8,13,16H,9-12,14H2,1-4H3/t16-,23?/m0/s1. The number of benzene rings is 1. The van der Waals surface area contributed by atoms with Crippen molar-refractivity contribution in [3.63, 3.8) is 0 Å². The fourth-order valence-electron chi connectivity index (χ4n) is 4.77. The number of piperidine rings is 1. The van der Waals surface area contributed by atoms with Gasteiger partial charge in [0.05, 0.1) is 24.4 Å². The van der Waals surface area contributed by atoms with Crippen LogP contribution in [-0.4, -0.2) is 52.5 Å². The lowest BCUT2D eigenvalue weighted by molar-refractivity contribution is -0.161. The molecule has 0 bridgehead atoms. The highest BCUT2D eigenvalue weighted by atomic mass is 19.1. The third kappa shape index (κ3) is 3.91. The van der Waals surface area contributed by atoms with Gasteiger partial charge in [-0.15, -0.1) is 0 Å². The van der Waals surface area contributed by atoms with Crippen LogP contribution in [0.1, 0.15) is 38.4 Å². The molecule has 1 saturated heterocycles. The van der Waals surface area contributed by atoms with Gasteiger partial charge in [0.15, 0.2) is 0 Å². The van der Waals surface area contributed by atoms with E-state index in [2.05, 4.69) is 5.10 Å². The van der Waals surface area contributed by atoms with Crippen LogP contribution in [0, 0.1) is 17.2 Å². The summed E-state index contributed by atoms with van der Waals surface area (Å²) in [7, 11) is 1.39. The van der Waals surface area contributed by atoms with E-state index in [4.69, 9.17) is 9.47 Å². The molecule has 2 aromatic rings. The van der Waals surface area contributed by atoms with E-state index in [0.717, 1.165) is 16.9 Å². The zero-order valence-electron chi connectivity index (χ0n) is 18.4. The topological polar surface area (TPSA) is 73.7 Å². The van der Waals surface area contributed by atoms with Crippen LogP contribution in [0.5, 0.6) is 0 Å². The van der Waals surface area contributed by atoms with Gasteiger partial charge in [-0.3, -0.25) is 4.79 Å². The number of hydrogen-bond acceptors (Lipinski definition) is 5. The Morgan fingerprint density at radius 3 is 2.58 bits per heavy atom. The van der Waals surface area contributed by atoms with E-state index >= 15 is 0 Å². The molecule has 1 amide bonds. The molecule has 1 aliphatic carbocycles. The first-order valence-corrected chi connectivity index (χ1v) is 10.5. The van der Waals surface area contributed by atoms with Gasteiger partial charge in [-0.1, -0.05) is 0 Å². The van der Waals surface area contributed by atoms with Crippen LogP contribution in [0.25, 0.3) is 5.69 Å². The number of likely N-dealkylation sites (tertiary alicyclic amines) is 1. The van der Waals surface area contributed by atoms with Gasteiger partial charge < -0.3 is 14.4 Å². The van der Waals surface area contributed by atoms with Crippen molar-refractivity contribution in [2.75, 3.05) is 20.2 Å². The molecule has 7 nitrogen and oxygen atoms in total. The fourth-order valence-corrected chi connectivity index (χ4v) is 4.77. The van der Waals surface area contributed by atoms with Gasteiger partial charge in [0.25, 0.3) is 0 Å². The van der Waals surface area contributed by atoms with Crippen LogP contribution in [0.15, 0.2) is 30.5 Å². The first kappa shape index (κ1) is 21.3. The molecular weight excluding hydrogens is 401 g/mol. The predicted octanol–water partition coefficient (Wildman–Crippen LogP) is 3.53. The van der Waals surface area contributed by atoms with Gasteiger partial charge in [0, 0.05) is 18.8 Å². The van der Waals surface area contributed by atoms with Gasteiger partial charge >= 0.3 is 12.1 Å². The number of hydrogen-bond donors (Lipinski definition) is 0. The van der Waals surface area contributed by atoms with Crippen molar-refractivity contribution in [3.8, 4) is 5.69 Å². The molecule has 1 aromatic carbocycles. The minimum Gasteiger partial charge on any atom is -0.469 e. The van der Waals surface area contributed by atoms with E-state index in [0.29, 0.717) is 25.8 Å². The van der Waals surface area contributed by atoms with Crippen molar-refractivity contribution in [1.82, 2.24) is 14.7 Å². The molecule has 1 aromatic heterocycles. The largest absolute Gasteiger partial charge is 0.469 e. The van der Waals surface area contributed by atoms with Crippen LogP contribution in [0.2, 0.25) is 0 Å². The Morgan fingerprint density at radius 2 is 1.94 bits per heavy atom. The summed E-state index contributed by atoms with van der Waals surface area (Å²) in [6.07, 6.45) is 3.06. The van der Waals surface area contributed by atoms with E-state index < -0.39 is 17.1 Å². The van der Waals surface area contributed by atoms with Gasteiger partial charge in [0.2, 0.25) is 0 Å². The number of aromatic nitrogens is 2. The van der Waals surface area contributed by atoms with Crippen LogP contribution >= 0.6 is 0 Å². The normalized spacial score (nSPS) is 23.0. The van der Waals surface area contributed by atoms with E-state index in [1.54, 1.807) is 23.2 Å². The molecule has 1 unspecified atom stereocenters. The maximum Gasteiger partial charge on any atom is 0.410 e. The monoisotopic (exact) mass is 429 g/mol. The number of carbonyl (C=O) groups is 2. The third-order valence-corrected chi connectivity index (χ3v) is 6.22. The summed E-state index contributed by atoms with van der Waals surface area (Å²) in [6.45, 7) is 6.23. The number of rotatable bonds is 2. The number of esters is 1. The molecule has 1 fully saturated rings. The van der Waals surface area contributed by atoms with Crippen LogP contribution < -0.4 is 0 Å². The molecule has 4 rings (SSSR count). The van der Waals surface area contributed by atoms with Crippen LogP contribution in [-0.2, 0) is 27.1 Å². The zero-order valence-corrected chi connectivity index (χ0v) is 18.4. The highest BCUT2D eigenvalue weighted by Crippen LogP contribution is 2.46. The summed E-state index contributed by atoms with van der Waals surface area (Å²) >= 11 is 0. The Balaban J connectivity index is 1.66. The molecule has 166 valence electrons. The van der Waals surface area contributed by atoms with E-state index in [-0.39, 0.29) is 24.2 Å². The Morgan fingerprint density at radius 1 is 1.23 bits per heavy atom. The second-order valence-electron chi connectivity index (χ2n) is 9.42. The van der Waals surface area contributed by atoms with Crippen LogP contribution in [0.3, 0.4) is 0 Å². The maximum absolute atomic E-state index is 13.3. The second kappa shape index (κ2) is 7.66. The third-order valence-electron chi connectivity index (χ3n) is 6.22. The van der Waals surface area contributed by atoms with Crippen molar-refractivity contribution < 1.29 is 23.5 Å². The fraction of sp³-hybridized carbons (Fsp3) is 0.522. The molecule has 0 saturated carbocycles. The highest BCUT2D eigenvalue weighted by molar-refractivity contribution is 5.80. The summed E-state index contributed by atoms with van der Waals surface area (Å²) in [5.41, 5.74) is 1.29. The van der Waals surface area contributed by atoms with Crippen LogP contribution in [0.4, 0.5) is 9.18 Å². The first-order valence-electron chi connectivity index (χ1n) is 10.5. The average Bonchev–Trinajstić information content (AvgIpc) is 3.12. The molecule has 8 heteroatoms.